The third-order valence-electron chi connectivity index (χ3n) is 3.61. The van der Waals surface area contributed by atoms with E-state index in [1.807, 2.05) is 0 Å². The zero-order chi connectivity index (χ0) is 13.8. The van der Waals surface area contributed by atoms with Crippen molar-refractivity contribution >= 4 is 21.5 Å². The van der Waals surface area contributed by atoms with E-state index >= 15 is 0 Å². The van der Waals surface area contributed by atoms with Crippen molar-refractivity contribution in [3.05, 3.63) is 42.1 Å². The van der Waals surface area contributed by atoms with Crippen LogP contribution in [0.2, 0.25) is 0 Å². The van der Waals surface area contributed by atoms with Gasteiger partial charge in [0.05, 0.1) is 6.20 Å². The maximum Gasteiger partial charge on any atom is 0.184 e. The van der Waals surface area contributed by atoms with E-state index in [0.29, 0.717) is 6.04 Å². The van der Waals surface area contributed by atoms with Gasteiger partial charge in [0, 0.05) is 19.1 Å². The van der Waals surface area contributed by atoms with E-state index < -0.39 is 0 Å². The summed E-state index contributed by atoms with van der Waals surface area (Å²) in [7, 11) is 0. The first-order valence-electron chi connectivity index (χ1n) is 7.04. The predicted molar refractivity (Wildman–Crippen MR) is 84.9 cm³/mol. The normalized spacial score (nSPS) is 19.9. The third-order valence-corrected chi connectivity index (χ3v) is 4.36. The van der Waals surface area contributed by atoms with Crippen molar-refractivity contribution in [2.75, 3.05) is 24.1 Å². The number of rotatable bonds is 4. The van der Waals surface area contributed by atoms with Gasteiger partial charge in [0.2, 0.25) is 0 Å². The molecular formula is C15H20N4S. The molecule has 0 radical (unpaired) electrons. The number of likely N-dealkylation sites (tertiary alicyclic amines) is 1. The Hall–Kier alpha value is -1.59. The maximum absolute atomic E-state index is 5.72. The molecule has 1 fully saturated rings. The molecule has 0 aliphatic carbocycles. The topological polar surface area (TPSA) is 54.2 Å². The number of thiazole rings is 1. The van der Waals surface area contributed by atoms with Crippen LogP contribution in [0.15, 0.2) is 36.5 Å². The van der Waals surface area contributed by atoms with Gasteiger partial charge < -0.3 is 11.1 Å². The van der Waals surface area contributed by atoms with Crippen LogP contribution >= 0.6 is 11.3 Å². The molecule has 3 rings (SSSR count). The van der Waals surface area contributed by atoms with Gasteiger partial charge in [-0.25, -0.2) is 4.98 Å². The number of nitrogens with two attached hydrogens (primary N) is 1. The zero-order valence-electron chi connectivity index (χ0n) is 11.5. The predicted octanol–water partition coefficient (Wildman–Crippen LogP) is 2.80. The fraction of sp³-hybridized carbons (Fsp3) is 0.400. The van der Waals surface area contributed by atoms with Gasteiger partial charge in [0.15, 0.2) is 5.13 Å². The molecule has 1 saturated heterocycles. The van der Waals surface area contributed by atoms with Crippen molar-refractivity contribution in [3.63, 3.8) is 0 Å². The van der Waals surface area contributed by atoms with Gasteiger partial charge in [0.1, 0.15) is 5.00 Å². The molecule has 0 spiro atoms. The number of benzene rings is 1. The van der Waals surface area contributed by atoms with Gasteiger partial charge in [-0.3, -0.25) is 4.90 Å². The molecule has 0 amide bonds. The number of piperidine rings is 1. The SMILES string of the molecule is Nc1cnc(NC2CCCN(Cc3ccccc3)C2)s1. The Labute approximate surface area is 123 Å². The van der Waals surface area contributed by atoms with Crippen molar-refractivity contribution in [2.45, 2.75) is 25.4 Å². The van der Waals surface area contributed by atoms with Crippen LogP contribution in [0.1, 0.15) is 18.4 Å². The summed E-state index contributed by atoms with van der Waals surface area (Å²) in [5.74, 6) is 0. The summed E-state index contributed by atoms with van der Waals surface area (Å²) in [5, 5.41) is 5.21. The van der Waals surface area contributed by atoms with Gasteiger partial charge in [-0.05, 0) is 24.9 Å². The molecule has 3 N–H and O–H groups in total. The van der Waals surface area contributed by atoms with Crippen molar-refractivity contribution in [2.24, 2.45) is 0 Å². The van der Waals surface area contributed by atoms with Gasteiger partial charge in [-0.15, -0.1) is 0 Å². The molecule has 2 aromatic rings. The Balaban J connectivity index is 1.56. The average Bonchev–Trinajstić information content (AvgIpc) is 2.86. The number of aromatic nitrogens is 1. The number of hydrogen-bond acceptors (Lipinski definition) is 5. The summed E-state index contributed by atoms with van der Waals surface area (Å²) in [6.45, 7) is 3.26. The standard InChI is InChI=1S/C15H20N4S/c16-14-9-17-15(20-14)18-13-7-4-8-19(11-13)10-12-5-2-1-3-6-12/h1-3,5-6,9,13H,4,7-8,10-11,16H2,(H,17,18). The highest BCUT2D eigenvalue weighted by atomic mass is 32.1. The summed E-state index contributed by atoms with van der Waals surface area (Å²) in [4.78, 5) is 6.79. The molecule has 106 valence electrons. The lowest BCUT2D eigenvalue weighted by Crippen LogP contribution is -2.41. The van der Waals surface area contributed by atoms with Crippen molar-refractivity contribution in [1.29, 1.82) is 0 Å². The molecule has 1 unspecified atom stereocenters. The average molecular weight is 288 g/mol. The van der Waals surface area contributed by atoms with Crippen LogP contribution in [0, 0.1) is 0 Å². The van der Waals surface area contributed by atoms with E-state index in [1.165, 1.54) is 36.3 Å². The van der Waals surface area contributed by atoms with Crippen LogP contribution < -0.4 is 11.1 Å². The monoisotopic (exact) mass is 288 g/mol. The molecule has 0 saturated carbocycles. The molecule has 1 aliphatic rings. The second-order valence-electron chi connectivity index (χ2n) is 5.27. The minimum atomic E-state index is 0.470. The highest BCUT2D eigenvalue weighted by Gasteiger charge is 2.20. The lowest BCUT2D eigenvalue weighted by atomic mass is 10.1. The molecule has 1 aromatic heterocycles. The van der Waals surface area contributed by atoms with E-state index in [0.717, 1.165) is 23.2 Å². The Kier molecular flexibility index (Phi) is 4.18. The highest BCUT2D eigenvalue weighted by molar-refractivity contribution is 7.19. The third kappa shape index (κ3) is 3.49. The molecule has 1 aromatic carbocycles. The molecular weight excluding hydrogens is 268 g/mol. The summed E-state index contributed by atoms with van der Waals surface area (Å²) in [6, 6.07) is 11.1. The van der Waals surface area contributed by atoms with Gasteiger partial charge in [0.25, 0.3) is 0 Å². The van der Waals surface area contributed by atoms with E-state index in [2.05, 4.69) is 45.5 Å². The van der Waals surface area contributed by atoms with Crippen molar-refractivity contribution in [1.82, 2.24) is 9.88 Å². The zero-order valence-corrected chi connectivity index (χ0v) is 12.3. The van der Waals surface area contributed by atoms with E-state index in [9.17, 15) is 0 Å². The molecule has 5 heteroatoms. The number of anilines is 2. The van der Waals surface area contributed by atoms with Crippen LogP contribution in [-0.2, 0) is 6.54 Å². The van der Waals surface area contributed by atoms with Gasteiger partial charge in [-0.1, -0.05) is 41.7 Å². The maximum atomic E-state index is 5.72. The molecule has 4 nitrogen and oxygen atoms in total. The Morgan fingerprint density at radius 3 is 2.95 bits per heavy atom. The number of hydrogen-bond donors (Lipinski definition) is 2. The number of nitrogen functional groups attached to an aromatic ring is 1. The summed E-state index contributed by atoms with van der Waals surface area (Å²) in [6.07, 6.45) is 4.15. The Morgan fingerprint density at radius 2 is 2.20 bits per heavy atom. The molecule has 1 aliphatic heterocycles. The smallest absolute Gasteiger partial charge is 0.184 e. The fourth-order valence-electron chi connectivity index (χ4n) is 2.69. The second kappa shape index (κ2) is 6.24. The van der Waals surface area contributed by atoms with Crippen molar-refractivity contribution in [3.8, 4) is 0 Å². The number of nitrogens with zero attached hydrogens (tertiary/aromatic N) is 2. The molecule has 0 bridgehead atoms. The summed E-state index contributed by atoms with van der Waals surface area (Å²) in [5.41, 5.74) is 7.10. The largest absolute Gasteiger partial charge is 0.389 e. The minimum Gasteiger partial charge on any atom is -0.389 e. The Morgan fingerprint density at radius 1 is 1.35 bits per heavy atom. The first kappa shape index (κ1) is 13.4. The molecule has 20 heavy (non-hydrogen) atoms. The first-order valence-corrected chi connectivity index (χ1v) is 7.85. The van der Waals surface area contributed by atoms with Crippen molar-refractivity contribution < 1.29 is 0 Å². The van der Waals surface area contributed by atoms with Crippen LogP contribution in [-0.4, -0.2) is 29.0 Å². The van der Waals surface area contributed by atoms with E-state index in [-0.39, 0.29) is 0 Å². The van der Waals surface area contributed by atoms with Crippen LogP contribution in [0.5, 0.6) is 0 Å². The first-order chi connectivity index (χ1) is 9.79. The molecule has 1 atom stereocenters. The number of nitrogens with one attached hydrogen (secondary N) is 1. The second-order valence-corrected chi connectivity index (χ2v) is 6.33. The van der Waals surface area contributed by atoms with E-state index in [1.54, 1.807) is 6.20 Å². The lowest BCUT2D eigenvalue weighted by molar-refractivity contribution is 0.208. The molecule has 2 heterocycles. The summed E-state index contributed by atoms with van der Waals surface area (Å²) >= 11 is 1.52. The lowest BCUT2D eigenvalue weighted by Gasteiger charge is -2.33. The quantitative estimate of drug-likeness (QED) is 0.908. The van der Waals surface area contributed by atoms with E-state index in [4.69, 9.17) is 5.73 Å². The highest BCUT2D eigenvalue weighted by Crippen LogP contribution is 2.23. The Bertz CT molecular complexity index is 540. The van der Waals surface area contributed by atoms with Crippen LogP contribution in [0.3, 0.4) is 0 Å². The van der Waals surface area contributed by atoms with Gasteiger partial charge in [-0.2, -0.15) is 0 Å². The summed E-state index contributed by atoms with van der Waals surface area (Å²) < 4.78 is 0. The van der Waals surface area contributed by atoms with Gasteiger partial charge >= 0.3 is 0 Å². The minimum absolute atomic E-state index is 0.470. The fourth-order valence-corrected chi connectivity index (χ4v) is 3.35. The van der Waals surface area contributed by atoms with Crippen LogP contribution in [0.25, 0.3) is 0 Å². The van der Waals surface area contributed by atoms with Crippen LogP contribution in [0.4, 0.5) is 10.1 Å².